The van der Waals surface area contributed by atoms with Crippen LogP contribution in [0.15, 0.2) is 49.1 Å². The van der Waals surface area contributed by atoms with Crippen molar-refractivity contribution in [1.82, 2.24) is 0 Å². The summed E-state index contributed by atoms with van der Waals surface area (Å²) in [6, 6.07) is 13.1. The third-order valence-electron chi connectivity index (χ3n) is 2.82. The van der Waals surface area contributed by atoms with Crippen molar-refractivity contribution in [2.75, 3.05) is 18.5 Å². The van der Waals surface area contributed by atoms with Gasteiger partial charge in [0, 0.05) is 19.3 Å². The van der Waals surface area contributed by atoms with E-state index < -0.39 is 0 Å². The van der Waals surface area contributed by atoms with E-state index in [-0.39, 0.29) is 0 Å². The highest BCUT2D eigenvalue weighted by Gasteiger charge is 2.00. The number of benzene rings is 2. The molecular weight excluding hydrogens is 194 g/mol. The molecule has 0 aromatic heterocycles. The molecule has 0 heterocycles. The van der Waals surface area contributed by atoms with Gasteiger partial charge in [0.1, 0.15) is 0 Å². The molecule has 0 saturated heterocycles. The Balaban J connectivity index is 2.44. The van der Waals surface area contributed by atoms with Gasteiger partial charge in [-0.05, 0) is 29.8 Å². The quantitative estimate of drug-likeness (QED) is 0.698. The number of likely N-dealkylation sites (N-methyl/N-ethyl adjacent to an activating group) is 1. The Labute approximate surface area is 97.0 Å². The minimum absolute atomic E-state index is 0.872. The highest BCUT2D eigenvalue weighted by molar-refractivity contribution is 5.86. The van der Waals surface area contributed by atoms with Crippen molar-refractivity contribution in [3.05, 3.63) is 54.6 Å². The number of nitrogens with zero attached hydrogens (tertiary/aromatic N) is 1. The number of aryl methyl sites for hydroxylation is 1. The van der Waals surface area contributed by atoms with Crippen LogP contribution in [-0.2, 0) is 0 Å². The van der Waals surface area contributed by atoms with Gasteiger partial charge in [-0.3, -0.25) is 0 Å². The number of hydrogen-bond acceptors (Lipinski definition) is 1. The lowest BCUT2D eigenvalue weighted by molar-refractivity contribution is 1.03. The Morgan fingerprint density at radius 2 is 1.81 bits per heavy atom. The summed E-state index contributed by atoms with van der Waals surface area (Å²) in [5.74, 6) is 0. The molecule has 2 rings (SSSR count). The molecule has 2 aromatic carbocycles. The lowest BCUT2D eigenvalue weighted by atomic mass is 10.1. The van der Waals surface area contributed by atoms with Gasteiger partial charge in [-0.25, -0.2) is 0 Å². The van der Waals surface area contributed by atoms with E-state index in [9.17, 15) is 0 Å². The second-order valence-electron chi connectivity index (χ2n) is 4.20. The standard InChI is InChI=1S/C15H17N/c1-4-9-16(3)15-8-7-13-10-12(2)5-6-14(13)11-15/h4-8,10-11H,1,9H2,2-3H3. The average Bonchev–Trinajstić information content (AvgIpc) is 2.28. The van der Waals surface area contributed by atoms with Gasteiger partial charge in [-0.2, -0.15) is 0 Å². The van der Waals surface area contributed by atoms with Crippen LogP contribution in [0.5, 0.6) is 0 Å². The number of anilines is 1. The van der Waals surface area contributed by atoms with Crippen molar-refractivity contribution >= 4 is 16.5 Å². The number of hydrogen-bond donors (Lipinski definition) is 0. The predicted octanol–water partition coefficient (Wildman–Crippen LogP) is 3.77. The summed E-state index contributed by atoms with van der Waals surface area (Å²) < 4.78 is 0. The van der Waals surface area contributed by atoms with Crippen LogP contribution in [0.3, 0.4) is 0 Å². The molecule has 0 radical (unpaired) electrons. The second kappa shape index (κ2) is 4.40. The largest absolute Gasteiger partial charge is 0.371 e. The fourth-order valence-corrected chi connectivity index (χ4v) is 1.89. The van der Waals surface area contributed by atoms with E-state index in [1.54, 1.807) is 0 Å². The lowest BCUT2D eigenvalue weighted by Crippen LogP contribution is -2.16. The molecule has 0 aliphatic carbocycles. The third-order valence-corrected chi connectivity index (χ3v) is 2.82. The van der Waals surface area contributed by atoms with E-state index in [4.69, 9.17) is 0 Å². The van der Waals surface area contributed by atoms with E-state index in [0.717, 1.165) is 6.54 Å². The monoisotopic (exact) mass is 211 g/mol. The first-order valence-corrected chi connectivity index (χ1v) is 5.53. The molecule has 1 nitrogen and oxygen atoms in total. The summed E-state index contributed by atoms with van der Waals surface area (Å²) in [5, 5.41) is 2.59. The molecule has 0 saturated carbocycles. The van der Waals surface area contributed by atoms with Crippen LogP contribution in [0.2, 0.25) is 0 Å². The van der Waals surface area contributed by atoms with Gasteiger partial charge in [0.05, 0.1) is 0 Å². The maximum absolute atomic E-state index is 3.76. The maximum atomic E-state index is 3.76. The molecule has 0 fully saturated rings. The first-order chi connectivity index (χ1) is 7.70. The van der Waals surface area contributed by atoms with Gasteiger partial charge in [0.2, 0.25) is 0 Å². The smallest absolute Gasteiger partial charge is 0.0372 e. The maximum Gasteiger partial charge on any atom is 0.0372 e. The molecule has 82 valence electrons. The van der Waals surface area contributed by atoms with Crippen LogP contribution in [0.1, 0.15) is 5.56 Å². The molecule has 0 unspecified atom stereocenters. The van der Waals surface area contributed by atoms with E-state index in [0.29, 0.717) is 0 Å². The van der Waals surface area contributed by atoms with Crippen LogP contribution in [0, 0.1) is 6.92 Å². The lowest BCUT2D eigenvalue weighted by Gasteiger charge is -2.17. The molecule has 16 heavy (non-hydrogen) atoms. The van der Waals surface area contributed by atoms with Crippen LogP contribution < -0.4 is 4.90 Å². The Hall–Kier alpha value is -1.76. The summed E-state index contributed by atoms with van der Waals surface area (Å²) in [6.45, 7) is 6.75. The molecule has 0 aliphatic rings. The Morgan fingerprint density at radius 1 is 1.12 bits per heavy atom. The van der Waals surface area contributed by atoms with Crippen molar-refractivity contribution in [2.24, 2.45) is 0 Å². The Kier molecular flexibility index (Phi) is 2.95. The van der Waals surface area contributed by atoms with Crippen LogP contribution in [0.25, 0.3) is 10.8 Å². The topological polar surface area (TPSA) is 3.24 Å². The van der Waals surface area contributed by atoms with Crippen LogP contribution in [0.4, 0.5) is 5.69 Å². The summed E-state index contributed by atoms with van der Waals surface area (Å²) in [4.78, 5) is 2.19. The van der Waals surface area contributed by atoms with Gasteiger partial charge in [-0.15, -0.1) is 6.58 Å². The summed E-state index contributed by atoms with van der Waals surface area (Å²) in [5.41, 5.74) is 2.54. The zero-order chi connectivity index (χ0) is 11.5. The Morgan fingerprint density at radius 3 is 2.56 bits per heavy atom. The fourth-order valence-electron chi connectivity index (χ4n) is 1.89. The van der Waals surface area contributed by atoms with Gasteiger partial charge in [0.15, 0.2) is 0 Å². The molecule has 1 heteroatoms. The second-order valence-corrected chi connectivity index (χ2v) is 4.20. The number of rotatable bonds is 3. The summed E-state index contributed by atoms with van der Waals surface area (Å²) >= 11 is 0. The van der Waals surface area contributed by atoms with Gasteiger partial charge >= 0.3 is 0 Å². The van der Waals surface area contributed by atoms with Crippen molar-refractivity contribution in [1.29, 1.82) is 0 Å². The highest BCUT2D eigenvalue weighted by Crippen LogP contribution is 2.22. The molecule has 0 bridgehead atoms. The first kappa shape index (κ1) is 10.7. The molecule has 2 aromatic rings. The van der Waals surface area contributed by atoms with E-state index in [2.05, 4.69) is 61.8 Å². The zero-order valence-electron chi connectivity index (χ0n) is 9.90. The van der Waals surface area contributed by atoms with Gasteiger partial charge in [-0.1, -0.05) is 35.9 Å². The summed E-state index contributed by atoms with van der Waals surface area (Å²) in [7, 11) is 2.08. The normalized spacial score (nSPS) is 10.4. The number of fused-ring (bicyclic) bond motifs is 1. The minimum atomic E-state index is 0.872. The Bertz CT molecular complexity index is 514. The van der Waals surface area contributed by atoms with Crippen molar-refractivity contribution in [2.45, 2.75) is 6.92 Å². The van der Waals surface area contributed by atoms with Crippen molar-refractivity contribution < 1.29 is 0 Å². The average molecular weight is 211 g/mol. The van der Waals surface area contributed by atoms with E-state index in [1.807, 2.05) is 6.08 Å². The molecule has 0 aliphatic heterocycles. The van der Waals surface area contributed by atoms with E-state index >= 15 is 0 Å². The van der Waals surface area contributed by atoms with E-state index in [1.165, 1.54) is 22.0 Å². The van der Waals surface area contributed by atoms with Crippen molar-refractivity contribution in [3.8, 4) is 0 Å². The highest BCUT2D eigenvalue weighted by atomic mass is 15.1. The predicted molar refractivity (Wildman–Crippen MR) is 72.2 cm³/mol. The third kappa shape index (κ3) is 2.08. The molecule has 0 atom stereocenters. The van der Waals surface area contributed by atoms with Gasteiger partial charge < -0.3 is 4.90 Å². The molecule has 0 N–H and O–H groups in total. The first-order valence-electron chi connectivity index (χ1n) is 5.53. The fraction of sp³-hybridized carbons (Fsp3) is 0.200. The van der Waals surface area contributed by atoms with Crippen LogP contribution >= 0.6 is 0 Å². The summed E-state index contributed by atoms with van der Waals surface area (Å²) in [6.07, 6.45) is 1.92. The van der Waals surface area contributed by atoms with Crippen molar-refractivity contribution in [3.63, 3.8) is 0 Å². The van der Waals surface area contributed by atoms with Crippen LogP contribution in [-0.4, -0.2) is 13.6 Å². The molecular formula is C15H17N. The molecule has 0 spiro atoms. The SMILES string of the molecule is C=CCN(C)c1ccc2cc(C)ccc2c1. The molecule has 0 amide bonds. The zero-order valence-corrected chi connectivity index (χ0v) is 9.90. The van der Waals surface area contributed by atoms with Gasteiger partial charge in [0.25, 0.3) is 0 Å². The minimum Gasteiger partial charge on any atom is -0.371 e.